The van der Waals surface area contributed by atoms with Crippen LogP contribution in [0.5, 0.6) is 5.88 Å². The molecule has 0 aliphatic carbocycles. The molecule has 0 atom stereocenters. The molecule has 2 heterocycles. The minimum absolute atomic E-state index is 0.00662. The highest BCUT2D eigenvalue weighted by atomic mass is 35.5. The van der Waals surface area contributed by atoms with Crippen LogP contribution in [0.3, 0.4) is 0 Å². The fraction of sp³-hybridized carbons (Fsp3) is 0.143. The van der Waals surface area contributed by atoms with Crippen molar-refractivity contribution in [1.29, 1.82) is 0 Å². The minimum atomic E-state index is -0.490. The highest BCUT2D eigenvalue weighted by Gasteiger charge is 2.12. The maximum Gasteiger partial charge on any atom is 0.329 e. The van der Waals surface area contributed by atoms with E-state index in [0.717, 1.165) is 4.57 Å². The molecule has 0 amide bonds. The van der Waals surface area contributed by atoms with Gasteiger partial charge in [0.2, 0.25) is 22.4 Å². The molecule has 0 aromatic carbocycles. The summed E-state index contributed by atoms with van der Waals surface area (Å²) in [5, 5.41) is 11.9. The van der Waals surface area contributed by atoms with Gasteiger partial charge in [-0.3, -0.25) is 9.55 Å². The van der Waals surface area contributed by atoms with E-state index in [9.17, 15) is 9.90 Å². The lowest BCUT2D eigenvalue weighted by Crippen LogP contribution is -2.11. The summed E-state index contributed by atoms with van der Waals surface area (Å²) in [5.74, 6) is -0.245. The Morgan fingerprint density at radius 1 is 1.29 bits per heavy atom. The second kappa shape index (κ2) is 4.22. The average molecular weight is 277 g/mol. The first-order valence-corrected chi connectivity index (χ1v) is 5.05. The fourth-order valence-electron chi connectivity index (χ4n) is 1.09. The van der Waals surface area contributed by atoms with E-state index >= 15 is 0 Å². The van der Waals surface area contributed by atoms with Crippen LogP contribution in [0.15, 0.2) is 4.79 Å². The van der Waals surface area contributed by atoms with Crippen molar-refractivity contribution >= 4 is 35.0 Å². The maximum absolute atomic E-state index is 11.2. The van der Waals surface area contributed by atoms with Crippen molar-refractivity contribution in [3.8, 4) is 5.88 Å². The van der Waals surface area contributed by atoms with Gasteiger partial charge >= 0.3 is 5.69 Å². The molecule has 0 saturated heterocycles. The Kier molecular flexibility index (Phi) is 2.90. The van der Waals surface area contributed by atoms with Crippen LogP contribution in [-0.2, 0) is 7.05 Å². The van der Waals surface area contributed by atoms with Gasteiger partial charge in [0.15, 0.2) is 5.82 Å². The largest absolute Gasteiger partial charge is 0.492 e. The van der Waals surface area contributed by atoms with Crippen LogP contribution in [0, 0.1) is 0 Å². The molecule has 17 heavy (non-hydrogen) atoms. The van der Waals surface area contributed by atoms with Crippen LogP contribution >= 0.6 is 23.2 Å². The monoisotopic (exact) mass is 276 g/mol. The first-order chi connectivity index (χ1) is 7.97. The average Bonchev–Trinajstić information content (AvgIpc) is 2.45. The normalized spacial score (nSPS) is 10.5. The molecule has 0 radical (unpaired) electrons. The first kappa shape index (κ1) is 11.7. The number of nitrogens with one attached hydrogen (secondary N) is 2. The number of H-pyrrole nitrogens is 1. The van der Waals surface area contributed by atoms with Crippen molar-refractivity contribution in [2.24, 2.45) is 7.05 Å². The van der Waals surface area contributed by atoms with E-state index in [4.69, 9.17) is 23.2 Å². The zero-order valence-corrected chi connectivity index (χ0v) is 9.91. The summed E-state index contributed by atoms with van der Waals surface area (Å²) in [5.41, 5.74) is -0.490. The number of aromatic nitrogens is 5. The van der Waals surface area contributed by atoms with Crippen LogP contribution in [0.1, 0.15) is 0 Å². The topological polar surface area (TPSA) is 109 Å². The van der Waals surface area contributed by atoms with Crippen molar-refractivity contribution in [3.05, 3.63) is 21.1 Å². The number of hydrogen-bond donors (Lipinski definition) is 3. The summed E-state index contributed by atoms with van der Waals surface area (Å²) in [7, 11) is 1.40. The van der Waals surface area contributed by atoms with Crippen molar-refractivity contribution in [3.63, 3.8) is 0 Å². The molecule has 0 fully saturated rings. The van der Waals surface area contributed by atoms with Crippen LogP contribution in [0.4, 0.5) is 11.8 Å². The Bertz CT molecular complexity index is 601. The van der Waals surface area contributed by atoms with Crippen LogP contribution < -0.4 is 11.0 Å². The lowest BCUT2D eigenvalue weighted by molar-refractivity contribution is 0.432. The molecule has 0 unspecified atom stereocenters. The van der Waals surface area contributed by atoms with Gasteiger partial charge in [-0.25, -0.2) is 4.79 Å². The molecule has 0 saturated carbocycles. The molecule has 10 heteroatoms. The van der Waals surface area contributed by atoms with Gasteiger partial charge < -0.3 is 10.4 Å². The van der Waals surface area contributed by atoms with Crippen LogP contribution in [-0.4, -0.2) is 29.6 Å². The molecule has 90 valence electrons. The van der Waals surface area contributed by atoms with Gasteiger partial charge in [-0.15, -0.1) is 0 Å². The highest BCUT2D eigenvalue weighted by Crippen LogP contribution is 2.21. The molecular formula is C7H6Cl2N6O2. The Morgan fingerprint density at radius 3 is 2.35 bits per heavy atom. The number of hydrogen-bond acceptors (Lipinski definition) is 6. The number of imidazole rings is 1. The molecule has 2 aromatic rings. The molecule has 2 aromatic heterocycles. The van der Waals surface area contributed by atoms with E-state index in [1.54, 1.807) is 0 Å². The van der Waals surface area contributed by atoms with E-state index in [1.165, 1.54) is 7.05 Å². The van der Waals surface area contributed by atoms with Crippen molar-refractivity contribution < 1.29 is 5.11 Å². The lowest BCUT2D eigenvalue weighted by Gasteiger charge is -2.02. The molecule has 0 aliphatic rings. The molecule has 0 spiro atoms. The SMILES string of the molecule is Cn1c(O)c(Nc2nc(Cl)nc(Cl)n2)[nH]c1=O. The van der Waals surface area contributed by atoms with Crippen LogP contribution in [0.25, 0.3) is 0 Å². The van der Waals surface area contributed by atoms with E-state index in [2.05, 4.69) is 25.3 Å². The number of nitrogens with zero attached hydrogens (tertiary/aromatic N) is 4. The molecule has 8 nitrogen and oxygen atoms in total. The summed E-state index contributed by atoms with van der Waals surface area (Å²) in [4.78, 5) is 24.5. The quantitative estimate of drug-likeness (QED) is 0.743. The molecular weight excluding hydrogens is 271 g/mol. The zero-order chi connectivity index (χ0) is 12.6. The van der Waals surface area contributed by atoms with E-state index in [0.29, 0.717) is 0 Å². The standard InChI is InChI=1S/C7H6Cl2N6O2/c1-15-3(16)2(11-7(15)17)10-6-13-4(8)12-5(9)14-6/h16H,1H3,(H,11,17)(H,10,12,13,14). The van der Waals surface area contributed by atoms with Gasteiger partial charge in [0.25, 0.3) is 0 Å². The highest BCUT2D eigenvalue weighted by molar-refractivity contribution is 6.31. The van der Waals surface area contributed by atoms with E-state index in [1.807, 2.05) is 0 Å². The Balaban J connectivity index is 2.37. The zero-order valence-electron chi connectivity index (χ0n) is 8.40. The lowest BCUT2D eigenvalue weighted by atomic mass is 10.6. The molecule has 0 bridgehead atoms. The van der Waals surface area contributed by atoms with Gasteiger partial charge in [0.1, 0.15) is 0 Å². The predicted molar refractivity (Wildman–Crippen MR) is 60.8 cm³/mol. The molecule has 3 N–H and O–H groups in total. The summed E-state index contributed by atoms with van der Waals surface area (Å²) in [6, 6.07) is 0. The third kappa shape index (κ3) is 2.32. The smallest absolute Gasteiger partial charge is 0.329 e. The van der Waals surface area contributed by atoms with E-state index < -0.39 is 5.69 Å². The number of anilines is 2. The summed E-state index contributed by atoms with van der Waals surface area (Å²) >= 11 is 11.1. The number of halogens is 2. The third-order valence-corrected chi connectivity index (χ3v) is 2.23. The van der Waals surface area contributed by atoms with Crippen molar-refractivity contribution in [2.45, 2.75) is 0 Å². The van der Waals surface area contributed by atoms with Gasteiger partial charge in [-0.05, 0) is 23.2 Å². The number of rotatable bonds is 2. The molecule has 2 rings (SSSR count). The summed E-state index contributed by atoms with van der Waals surface area (Å²) in [6.45, 7) is 0. The van der Waals surface area contributed by atoms with Gasteiger partial charge in [-0.2, -0.15) is 15.0 Å². The van der Waals surface area contributed by atoms with Gasteiger partial charge in [0.05, 0.1) is 0 Å². The number of aromatic amines is 1. The molecule has 0 aliphatic heterocycles. The van der Waals surface area contributed by atoms with Gasteiger partial charge in [-0.1, -0.05) is 0 Å². The van der Waals surface area contributed by atoms with Crippen LogP contribution in [0.2, 0.25) is 10.6 Å². The second-order valence-corrected chi connectivity index (χ2v) is 3.69. The van der Waals surface area contributed by atoms with E-state index in [-0.39, 0.29) is 28.2 Å². The van der Waals surface area contributed by atoms with Crippen molar-refractivity contribution in [1.82, 2.24) is 24.5 Å². The first-order valence-electron chi connectivity index (χ1n) is 4.29. The maximum atomic E-state index is 11.2. The summed E-state index contributed by atoms with van der Waals surface area (Å²) in [6.07, 6.45) is 0. The minimum Gasteiger partial charge on any atom is -0.492 e. The predicted octanol–water partition coefficient (Wildman–Crippen LogP) is 0.654. The Hall–Kier alpha value is -1.80. The van der Waals surface area contributed by atoms with Gasteiger partial charge in [0, 0.05) is 7.05 Å². The third-order valence-electron chi connectivity index (χ3n) is 1.90. The summed E-state index contributed by atoms with van der Waals surface area (Å²) < 4.78 is 1.01. The number of aromatic hydroxyl groups is 1. The van der Waals surface area contributed by atoms with Crippen molar-refractivity contribution in [2.75, 3.05) is 5.32 Å². The fourth-order valence-corrected chi connectivity index (χ4v) is 1.45. The Morgan fingerprint density at radius 2 is 1.88 bits per heavy atom. The second-order valence-electron chi connectivity index (χ2n) is 3.01. The Labute approximate surface area is 104 Å².